The van der Waals surface area contributed by atoms with E-state index in [4.69, 9.17) is 9.62 Å². The molecule has 0 saturated heterocycles. The van der Waals surface area contributed by atoms with E-state index in [9.17, 15) is 9.70 Å². The van der Waals surface area contributed by atoms with E-state index < -0.39 is 0 Å². The van der Waals surface area contributed by atoms with Crippen molar-refractivity contribution in [1.29, 1.82) is 0 Å². The number of furan rings is 1. The Morgan fingerprint density at radius 2 is 2.18 bits per heavy atom. The first kappa shape index (κ1) is 12.6. The van der Waals surface area contributed by atoms with Crippen LogP contribution in [0.2, 0.25) is 0 Å². The van der Waals surface area contributed by atoms with Crippen molar-refractivity contribution in [2.45, 2.75) is 6.54 Å². The SMILES string of the molecule is O=C1NCCn2c(-c3ccc([N+](=O)O)o3)nc3cccc1c32. The van der Waals surface area contributed by atoms with Crippen molar-refractivity contribution in [3.05, 3.63) is 40.8 Å². The molecule has 0 saturated carbocycles. The molecule has 1 aromatic carbocycles. The lowest BCUT2D eigenvalue weighted by Crippen LogP contribution is -2.24. The van der Waals surface area contributed by atoms with Gasteiger partial charge in [0.1, 0.15) is 0 Å². The van der Waals surface area contributed by atoms with Crippen molar-refractivity contribution in [2.24, 2.45) is 0 Å². The quantitative estimate of drug-likeness (QED) is 0.703. The Balaban J connectivity index is 1.98. The molecule has 0 aliphatic carbocycles. The molecule has 110 valence electrons. The van der Waals surface area contributed by atoms with Crippen LogP contribution in [-0.2, 0) is 6.54 Å². The number of carbonyl (C=O) groups is 1. The minimum atomic E-state index is -0.342. The van der Waals surface area contributed by atoms with Gasteiger partial charge in [-0.05, 0) is 18.2 Å². The zero-order valence-electron chi connectivity index (χ0n) is 11.3. The average molecular weight is 299 g/mol. The molecule has 0 radical (unpaired) electrons. The van der Waals surface area contributed by atoms with Crippen molar-refractivity contribution >= 4 is 22.8 Å². The van der Waals surface area contributed by atoms with Crippen LogP contribution in [0.25, 0.3) is 22.6 Å². The van der Waals surface area contributed by atoms with Gasteiger partial charge < -0.3 is 14.3 Å². The molecule has 1 aliphatic heterocycles. The van der Waals surface area contributed by atoms with E-state index in [2.05, 4.69) is 10.3 Å². The zero-order chi connectivity index (χ0) is 15.3. The zero-order valence-corrected chi connectivity index (χ0v) is 11.3. The van der Waals surface area contributed by atoms with Gasteiger partial charge in [0, 0.05) is 13.1 Å². The predicted octanol–water partition coefficient (Wildman–Crippen LogP) is 1.84. The van der Waals surface area contributed by atoms with Crippen LogP contribution < -0.4 is 5.32 Å². The van der Waals surface area contributed by atoms with E-state index in [-0.39, 0.29) is 16.7 Å². The van der Waals surface area contributed by atoms with Gasteiger partial charge in [-0.3, -0.25) is 4.79 Å². The maximum atomic E-state index is 12.1. The lowest BCUT2D eigenvalue weighted by molar-refractivity contribution is -0.737. The first-order chi connectivity index (χ1) is 10.6. The van der Waals surface area contributed by atoms with Crippen LogP contribution in [0.3, 0.4) is 0 Å². The smallest absolute Gasteiger partial charge is 0.394 e. The Kier molecular flexibility index (Phi) is 2.52. The van der Waals surface area contributed by atoms with Gasteiger partial charge >= 0.3 is 5.88 Å². The van der Waals surface area contributed by atoms with Crippen LogP contribution in [0, 0.1) is 4.91 Å². The molecule has 0 bridgehead atoms. The third-order valence-electron chi connectivity index (χ3n) is 3.63. The van der Waals surface area contributed by atoms with Gasteiger partial charge in [-0.1, -0.05) is 6.07 Å². The average Bonchev–Trinajstić information content (AvgIpc) is 3.07. The second-order valence-corrected chi connectivity index (χ2v) is 4.93. The monoisotopic (exact) mass is 299 g/mol. The molecule has 3 aromatic rings. The summed E-state index contributed by atoms with van der Waals surface area (Å²) < 4.78 is 7.18. The summed E-state index contributed by atoms with van der Waals surface area (Å²) in [5, 5.41) is 11.7. The maximum absolute atomic E-state index is 12.1. The number of nitrogens with one attached hydrogen (secondary N) is 1. The van der Waals surface area contributed by atoms with E-state index in [0.717, 1.165) is 5.52 Å². The fraction of sp³-hybridized carbons (Fsp3) is 0.143. The number of nitrogens with zero attached hydrogens (tertiary/aromatic N) is 3. The van der Waals surface area contributed by atoms with Gasteiger partial charge in [0.25, 0.3) is 10.8 Å². The highest BCUT2D eigenvalue weighted by Gasteiger charge is 2.25. The van der Waals surface area contributed by atoms with Crippen molar-refractivity contribution in [3.8, 4) is 11.6 Å². The molecule has 0 fully saturated rings. The molecular formula is C14H11N4O4+. The van der Waals surface area contributed by atoms with E-state index >= 15 is 0 Å². The van der Waals surface area contributed by atoms with Gasteiger partial charge in [0.15, 0.2) is 11.6 Å². The van der Waals surface area contributed by atoms with Crippen LogP contribution in [0.15, 0.2) is 34.7 Å². The van der Waals surface area contributed by atoms with Crippen LogP contribution >= 0.6 is 0 Å². The summed E-state index contributed by atoms with van der Waals surface area (Å²) in [5.41, 5.74) is 1.95. The number of imidazole rings is 1. The second-order valence-electron chi connectivity index (χ2n) is 4.93. The predicted molar refractivity (Wildman–Crippen MR) is 74.8 cm³/mol. The van der Waals surface area contributed by atoms with Gasteiger partial charge in [-0.25, -0.2) is 10.2 Å². The summed E-state index contributed by atoms with van der Waals surface area (Å²) in [5.74, 6) is 0.489. The van der Waals surface area contributed by atoms with Gasteiger partial charge in [-0.2, -0.15) is 0 Å². The normalized spacial score (nSPS) is 13.9. The largest absolute Gasteiger partial charge is 0.480 e. The molecule has 22 heavy (non-hydrogen) atoms. The molecule has 1 amide bonds. The third-order valence-corrected chi connectivity index (χ3v) is 3.63. The molecule has 2 aromatic heterocycles. The molecule has 3 heterocycles. The molecular weight excluding hydrogens is 288 g/mol. The molecule has 0 spiro atoms. The number of hydrogen-bond donors (Lipinski definition) is 2. The molecule has 0 unspecified atom stereocenters. The first-order valence-electron chi connectivity index (χ1n) is 6.69. The minimum absolute atomic E-state index is 0.142. The maximum Gasteiger partial charge on any atom is 0.480 e. The van der Waals surface area contributed by atoms with Gasteiger partial charge in [-0.15, -0.1) is 0 Å². The Morgan fingerprint density at radius 3 is 2.95 bits per heavy atom. The minimum Gasteiger partial charge on any atom is -0.394 e. The Labute approximate surface area is 123 Å². The molecule has 8 nitrogen and oxygen atoms in total. The second kappa shape index (κ2) is 4.42. The fourth-order valence-corrected chi connectivity index (χ4v) is 2.70. The van der Waals surface area contributed by atoms with E-state index in [0.29, 0.717) is 35.8 Å². The van der Waals surface area contributed by atoms with Crippen molar-refractivity contribution in [1.82, 2.24) is 14.9 Å². The van der Waals surface area contributed by atoms with Gasteiger partial charge in [0.2, 0.25) is 0 Å². The van der Waals surface area contributed by atoms with Crippen molar-refractivity contribution in [2.75, 3.05) is 6.54 Å². The van der Waals surface area contributed by atoms with Gasteiger partial charge in [0.05, 0.1) is 27.6 Å². The first-order valence-corrected chi connectivity index (χ1v) is 6.69. The number of amides is 1. The van der Waals surface area contributed by atoms with E-state index in [1.807, 2.05) is 10.6 Å². The summed E-state index contributed by atoms with van der Waals surface area (Å²) in [6, 6.07) is 8.24. The van der Waals surface area contributed by atoms with Crippen LogP contribution in [0.4, 0.5) is 5.88 Å². The number of rotatable bonds is 2. The van der Waals surface area contributed by atoms with E-state index in [1.165, 1.54) is 6.07 Å². The number of hydrogen-bond acceptors (Lipinski definition) is 4. The van der Waals surface area contributed by atoms with Crippen LogP contribution in [0.5, 0.6) is 0 Å². The number of aromatic nitrogens is 2. The van der Waals surface area contributed by atoms with Crippen LogP contribution in [0.1, 0.15) is 10.4 Å². The van der Waals surface area contributed by atoms with E-state index in [1.54, 1.807) is 18.2 Å². The highest BCUT2D eigenvalue weighted by atomic mass is 16.6. The molecule has 1 aliphatic rings. The highest BCUT2D eigenvalue weighted by Crippen LogP contribution is 2.30. The molecule has 0 atom stereocenters. The molecule has 2 N–H and O–H groups in total. The number of carbonyl (C=O) groups excluding carboxylic acids is 1. The summed E-state index contributed by atoms with van der Waals surface area (Å²) in [7, 11) is 0. The Bertz CT molecular complexity index is 924. The Hall–Kier alpha value is -3.16. The third kappa shape index (κ3) is 1.70. The van der Waals surface area contributed by atoms with Crippen molar-refractivity contribution in [3.63, 3.8) is 0 Å². The summed E-state index contributed by atoms with van der Waals surface area (Å²) in [6.07, 6.45) is 0. The fourth-order valence-electron chi connectivity index (χ4n) is 2.70. The Morgan fingerprint density at radius 1 is 1.32 bits per heavy atom. The number of benzene rings is 1. The number of para-hydroxylation sites is 1. The standard InChI is InChI=1S/C14H10N4O4/c19-14-8-2-1-3-9-12(8)17(7-6-15-14)13(16-9)10-4-5-11(22-10)18(20)21/h1-5H,6-7H2,(H-,15,19,20,21)/p+1. The summed E-state index contributed by atoms with van der Waals surface area (Å²) in [4.78, 5) is 27.1. The topological polar surface area (TPSA) is 100 Å². The molecule has 8 heteroatoms. The lowest BCUT2D eigenvalue weighted by atomic mass is 10.2. The molecule has 4 rings (SSSR count). The lowest BCUT2D eigenvalue weighted by Gasteiger charge is -2.04. The summed E-state index contributed by atoms with van der Waals surface area (Å²) in [6.45, 7) is 0.998. The summed E-state index contributed by atoms with van der Waals surface area (Å²) >= 11 is 0. The van der Waals surface area contributed by atoms with Crippen molar-refractivity contribution < 1.29 is 19.3 Å². The van der Waals surface area contributed by atoms with Crippen LogP contribution in [-0.4, -0.2) is 32.1 Å². The highest BCUT2D eigenvalue weighted by molar-refractivity contribution is 6.06.